The Labute approximate surface area is 133 Å². The van der Waals surface area contributed by atoms with E-state index in [0.29, 0.717) is 5.56 Å². The molecule has 0 spiro atoms. The number of aryl methyl sites for hydroxylation is 1. The van der Waals surface area contributed by atoms with Gasteiger partial charge in [-0.25, -0.2) is 4.98 Å². The molecule has 2 unspecified atom stereocenters. The van der Waals surface area contributed by atoms with Crippen LogP contribution in [-0.4, -0.2) is 26.4 Å². The second-order valence-corrected chi connectivity index (χ2v) is 6.01. The van der Waals surface area contributed by atoms with Crippen LogP contribution in [0.5, 0.6) is 0 Å². The number of rotatable bonds is 1. The van der Waals surface area contributed by atoms with Gasteiger partial charge in [-0.3, -0.25) is 0 Å². The quantitative estimate of drug-likeness (QED) is 0.604. The van der Waals surface area contributed by atoms with Crippen LogP contribution in [0.3, 0.4) is 0 Å². The molecule has 0 bridgehead atoms. The predicted octanol–water partition coefficient (Wildman–Crippen LogP) is 2.61. The van der Waals surface area contributed by atoms with E-state index in [9.17, 15) is 15.3 Å². The zero-order valence-corrected chi connectivity index (χ0v) is 12.7. The number of hydrogen-bond acceptors (Lipinski definition) is 4. The van der Waals surface area contributed by atoms with Crippen molar-refractivity contribution in [2.24, 2.45) is 0 Å². The highest BCUT2D eigenvalue weighted by Gasteiger charge is 2.24. The van der Waals surface area contributed by atoms with E-state index in [4.69, 9.17) is 4.98 Å². The number of hydrogen-bond donors (Lipinski definition) is 3. The molecule has 3 N–H and O–H groups in total. The van der Waals surface area contributed by atoms with E-state index in [1.807, 2.05) is 43.3 Å². The van der Waals surface area contributed by atoms with Crippen molar-refractivity contribution in [1.29, 1.82) is 0 Å². The van der Waals surface area contributed by atoms with Crippen molar-refractivity contribution in [3.8, 4) is 0 Å². The Morgan fingerprint density at radius 1 is 1.09 bits per heavy atom. The summed E-state index contributed by atoms with van der Waals surface area (Å²) in [5, 5.41) is 31.3. The van der Waals surface area contributed by atoms with Gasteiger partial charge in [-0.15, -0.1) is 0 Å². The molecular weight excluding hydrogens is 290 g/mol. The first-order valence-electron chi connectivity index (χ1n) is 7.61. The lowest BCUT2D eigenvalue weighted by Crippen LogP contribution is -2.19. The normalized spacial score (nSPS) is 20.2. The Balaban J connectivity index is 2.09. The van der Waals surface area contributed by atoms with Crippen molar-refractivity contribution in [1.82, 2.24) is 4.98 Å². The van der Waals surface area contributed by atoms with E-state index < -0.39 is 12.2 Å². The Morgan fingerprint density at radius 2 is 1.91 bits per heavy atom. The number of pyridine rings is 1. The number of benzene rings is 2. The third-order valence-corrected chi connectivity index (χ3v) is 4.64. The molecule has 4 rings (SSSR count). The molecule has 0 amide bonds. The van der Waals surface area contributed by atoms with Gasteiger partial charge in [0.15, 0.2) is 0 Å². The van der Waals surface area contributed by atoms with Gasteiger partial charge in [-0.1, -0.05) is 30.4 Å². The molecule has 2 atom stereocenters. The fourth-order valence-corrected chi connectivity index (χ4v) is 3.31. The molecule has 1 aliphatic rings. The topological polar surface area (TPSA) is 73.6 Å². The van der Waals surface area contributed by atoms with E-state index in [0.717, 1.165) is 38.5 Å². The summed E-state index contributed by atoms with van der Waals surface area (Å²) in [6, 6.07) is 9.53. The van der Waals surface area contributed by atoms with Crippen LogP contribution in [0.15, 0.2) is 36.4 Å². The molecule has 1 heterocycles. The molecule has 0 fully saturated rings. The molecule has 0 aliphatic heterocycles. The van der Waals surface area contributed by atoms with Crippen molar-refractivity contribution >= 4 is 27.9 Å². The second kappa shape index (κ2) is 5.13. The van der Waals surface area contributed by atoms with Crippen LogP contribution in [0.25, 0.3) is 27.9 Å². The summed E-state index contributed by atoms with van der Waals surface area (Å²) in [5.41, 5.74) is 5.19. The van der Waals surface area contributed by atoms with E-state index in [1.54, 1.807) is 6.08 Å². The van der Waals surface area contributed by atoms with E-state index >= 15 is 0 Å². The molecule has 116 valence electrons. The second-order valence-electron chi connectivity index (χ2n) is 6.01. The smallest absolute Gasteiger partial charge is 0.109 e. The summed E-state index contributed by atoms with van der Waals surface area (Å²) in [7, 11) is 0. The van der Waals surface area contributed by atoms with E-state index in [1.165, 1.54) is 0 Å². The fourth-order valence-electron chi connectivity index (χ4n) is 3.31. The Morgan fingerprint density at radius 3 is 2.70 bits per heavy atom. The highest BCUT2D eigenvalue weighted by atomic mass is 16.3. The lowest BCUT2D eigenvalue weighted by molar-refractivity contribution is 0.0471. The molecular formula is C19H17NO3. The minimum Gasteiger partial charge on any atom is -0.392 e. The lowest BCUT2D eigenvalue weighted by atomic mass is 9.89. The van der Waals surface area contributed by atoms with Gasteiger partial charge in [0.25, 0.3) is 0 Å². The SMILES string of the molecule is Cc1c2cc(CO)ccc2nc2c3c(ccc12)C(O)C(O)C=C3. The number of aromatic nitrogens is 1. The van der Waals surface area contributed by atoms with E-state index in [-0.39, 0.29) is 6.61 Å². The number of aliphatic hydroxyl groups is 3. The summed E-state index contributed by atoms with van der Waals surface area (Å²) < 4.78 is 0. The van der Waals surface area contributed by atoms with Crippen molar-refractivity contribution in [2.75, 3.05) is 0 Å². The van der Waals surface area contributed by atoms with Crippen molar-refractivity contribution in [3.63, 3.8) is 0 Å². The molecule has 4 nitrogen and oxygen atoms in total. The maximum atomic E-state index is 10.2. The molecule has 0 radical (unpaired) electrons. The first kappa shape index (κ1) is 14.3. The van der Waals surface area contributed by atoms with Crippen LogP contribution >= 0.6 is 0 Å². The average molecular weight is 307 g/mol. The van der Waals surface area contributed by atoms with Crippen LogP contribution in [0.4, 0.5) is 0 Å². The first-order valence-corrected chi connectivity index (χ1v) is 7.61. The molecule has 0 saturated carbocycles. The molecule has 1 aromatic heterocycles. The number of aliphatic hydroxyl groups excluding tert-OH is 3. The zero-order valence-electron chi connectivity index (χ0n) is 12.7. The third-order valence-electron chi connectivity index (χ3n) is 4.64. The van der Waals surface area contributed by atoms with Crippen LogP contribution in [0, 0.1) is 6.92 Å². The average Bonchev–Trinajstić information content (AvgIpc) is 2.58. The molecule has 4 heteroatoms. The van der Waals surface area contributed by atoms with Crippen molar-refractivity contribution in [2.45, 2.75) is 25.7 Å². The molecule has 23 heavy (non-hydrogen) atoms. The molecule has 2 aromatic carbocycles. The Kier molecular flexibility index (Phi) is 3.20. The predicted molar refractivity (Wildman–Crippen MR) is 89.9 cm³/mol. The summed E-state index contributed by atoms with van der Waals surface area (Å²) in [6.45, 7) is 2.04. The van der Waals surface area contributed by atoms with Crippen LogP contribution < -0.4 is 0 Å². The summed E-state index contributed by atoms with van der Waals surface area (Å²) >= 11 is 0. The van der Waals surface area contributed by atoms with Gasteiger partial charge in [0.1, 0.15) is 12.2 Å². The summed E-state index contributed by atoms with van der Waals surface area (Å²) in [6.07, 6.45) is 1.63. The van der Waals surface area contributed by atoms with Crippen LogP contribution in [-0.2, 0) is 6.61 Å². The zero-order chi connectivity index (χ0) is 16.1. The minimum absolute atomic E-state index is 0.00439. The third kappa shape index (κ3) is 2.07. The van der Waals surface area contributed by atoms with Gasteiger partial charge in [-0.05, 0) is 35.7 Å². The maximum absolute atomic E-state index is 10.2. The molecule has 3 aromatic rings. The number of fused-ring (bicyclic) bond motifs is 4. The Bertz CT molecular complexity index is 962. The fraction of sp³-hybridized carbons (Fsp3) is 0.211. The van der Waals surface area contributed by atoms with Gasteiger partial charge in [0.2, 0.25) is 0 Å². The van der Waals surface area contributed by atoms with Crippen LogP contribution in [0.2, 0.25) is 0 Å². The molecule has 0 saturated heterocycles. The molecule has 1 aliphatic carbocycles. The highest BCUT2D eigenvalue weighted by molar-refractivity contribution is 6.01. The van der Waals surface area contributed by atoms with Gasteiger partial charge in [0, 0.05) is 16.3 Å². The van der Waals surface area contributed by atoms with Crippen molar-refractivity contribution in [3.05, 3.63) is 58.7 Å². The Hall–Kier alpha value is -2.27. The maximum Gasteiger partial charge on any atom is 0.109 e. The van der Waals surface area contributed by atoms with Gasteiger partial charge in [-0.2, -0.15) is 0 Å². The van der Waals surface area contributed by atoms with Crippen LogP contribution in [0.1, 0.15) is 28.4 Å². The number of nitrogens with zero attached hydrogens (tertiary/aromatic N) is 1. The largest absolute Gasteiger partial charge is 0.392 e. The van der Waals surface area contributed by atoms with E-state index in [2.05, 4.69) is 0 Å². The summed E-state index contributed by atoms with van der Waals surface area (Å²) in [4.78, 5) is 4.76. The first-order chi connectivity index (χ1) is 11.1. The van der Waals surface area contributed by atoms with Gasteiger partial charge in [0.05, 0.1) is 17.6 Å². The lowest BCUT2D eigenvalue weighted by Gasteiger charge is -2.23. The standard InChI is InChI=1S/C19H17NO3/c1-10-12-3-4-14-13(5-7-17(22)19(14)23)18(12)20-16-6-2-11(9-21)8-15(10)16/h2-8,17,19,21-23H,9H2,1H3. The van der Waals surface area contributed by atoms with Crippen molar-refractivity contribution < 1.29 is 15.3 Å². The highest BCUT2D eigenvalue weighted by Crippen LogP contribution is 2.35. The monoisotopic (exact) mass is 307 g/mol. The van der Waals surface area contributed by atoms with Gasteiger partial charge >= 0.3 is 0 Å². The van der Waals surface area contributed by atoms with Gasteiger partial charge < -0.3 is 15.3 Å². The minimum atomic E-state index is -0.922. The summed E-state index contributed by atoms with van der Waals surface area (Å²) in [5.74, 6) is 0.